The average Bonchev–Trinajstić information content (AvgIpc) is 2.73. The Morgan fingerprint density at radius 3 is 2.25 bits per heavy atom. The van der Waals surface area contributed by atoms with E-state index >= 15 is 0 Å². The molecule has 0 aliphatic heterocycles. The van der Waals surface area contributed by atoms with Gasteiger partial charge in [0.25, 0.3) is 10.1 Å². The Bertz CT molecular complexity index is 345. The Morgan fingerprint density at radius 1 is 1.38 bits per heavy atom. The SMILES string of the molecule is CCCC[C@@]1(OS(C)(=O)=O)C[C@H]1[Si](C)(C)C. The molecule has 5 heteroatoms. The summed E-state index contributed by atoms with van der Waals surface area (Å²) in [7, 11) is -4.62. The van der Waals surface area contributed by atoms with Crippen molar-refractivity contribution >= 4 is 18.2 Å². The van der Waals surface area contributed by atoms with Crippen molar-refractivity contribution in [3.8, 4) is 0 Å². The van der Waals surface area contributed by atoms with Crippen molar-refractivity contribution in [1.82, 2.24) is 0 Å². The minimum Gasteiger partial charge on any atom is -0.264 e. The molecule has 0 heterocycles. The lowest BCUT2D eigenvalue weighted by Gasteiger charge is -2.23. The van der Waals surface area contributed by atoms with Crippen molar-refractivity contribution in [2.45, 2.75) is 63.4 Å². The summed E-state index contributed by atoms with van der Waals surface area (Å²) >= 11 is 0. The van der Waals surface area contributed by atoms with Crippen LogP contribution < -0.4 is 0 Å². The summed E-state index contributed by atoms with van der Waals surface area (Å²) < 4.78 is 28.0. The summed E-state index contributed by atoms with van der Waals surface area (Å²) in [5.41, 5.74) is 0.162. The van der Waals surface area contributed by atoms with Crippen molar-refractivity contribution in [3.63, 3.8) is 0 Å². The molecule has 96 valence electrons. The molecule has 0 aromatic carbocycles. The van der Waals surface area contributed by atoms with Gasteiger partial charge in [-0.05, 0) is 18.4 Å². The highest BCUT2D eigenvalue weighted by atomic mass is 32.2. The normalized spacial score (nSPS) is 30.4. The van der Waals surface area contributed by atoms with Gasteiger partial charge in [-0.25, -0.2) is 0 Å². The molecule has 0 amide bonds. The van der Waals surface area contributed by atoms with Gasteiger partial charge in [-0.1, -0.05) is 39.4 Å². The molecule has 1 fully saturated rings. The van der Waals surface area contributed by atoms with Crippen LogP contribution in [0.1, 0.15) is 32.6 Å². The summed E-state index contributed by atoms with van der Waals surface area (Å²) in [5, 5.41) is 0. The maximum absolute atomic E-state index is 11.3. The first-order chi connectivity index (χ1) is 7.11. The fourth-order valence-corrected chi connectivity index (χ4v) is 6.26. The average molecular weight is 264 g/mol. The molecule has 1 rings (SSSR count). The maximum atomic E-state index is 11.3. The molecule has 0 saturated heterocycles. The largest absolute Gasteiger partial charge is 0.264 e. The zero-order chi connectivity index (χ0) is 12.6. The minimum atomic E-state index is -3.32. The molecule has 0 spiro atoms. The molecule has 1 aliphatic carbocycles. The molecular formula is C11H24O3SSi. The van der Waals surface area contributed by atoms with Crippen LogP contribution in [0.3, 0.4) is 0 Å². The van der Waals surface area contributed by atoms with Gasteiger partial charge in [0.15, 0.2) is 0 Å². The first-order valence-corrected chi connectivity index (χ1v) is 11.4. The molecule has 0 bridgehead atoms. The molecule has 0 N–H and O–H groups in total. The lowest BCUT2D eigenvalue weighted by atomic mass is 10.1. The Labute approximate surface area is 101 Å². The predicted molar refractivity (Wildman–Crippen MR) is 69.9 cm³/mol. The number of rotatable bonds is 6. The highest BCUT2D eigenvalue weighted by Crippen LogP contribution is 2.61. The Balaban J connectivity index is 2.75. The summed E-state index contributed by atoms with van der Waals surface area (Å²) in [5.74, 6) is 0. The quantitative estimate of drug-likeness (QED) is 0.547. The number of hydrogen-bond acceptors (Lipinski definition) is 3. The third-order valence-electron chi connectivity index (χ3n) is 3.34. The van der Waals surface area contributed by atoms with Crippen molar-refractivity contribution in [1.29, 1.82) is 0 Å². The molecule has 0 aromatic heterocycles. The van der Waals surface area contributed by atoms with Crippen LogP contribution in [0.4, 0.5) is 0 Å². The molecule has 0 unspecified atom stereocenters. The second-order valence-electron chi connectivity index (χ2n) is 6.08. The van der Waals surface area contributed by atoms with Crippen LogP contribution in [0, 0.1) is 0 Å². The first kappa shape index (κ1) is 14.2. The van der Waals surface area contributed by atoms with Crippen LogP contribution in [0.2, 0.25) is 25.2 Å². The van der Waals surface area contributed by atoms with Crippen LogP contribution in [0.5, 0.6) is 0 Å². The van der Waals surface area contributed by atoms with Crippen LogP contribution in [0.15, 0.2) is 0 Å². The third-order valence-corrected chi connectivity index (χ3v) is 6.80. The third kappa shape index (κ3) is 3.57. The second kappa shape index (κ2) is 4.42. The molecule has 0 radical (unpaired) electrons. The second-order valence-corrected chi connectivity index (χ2v) is 13.1. The molecular weight excluding hydrogens is 240 g/mol. The van der Waals surface area contributed by atoms with Gasteiger partial charge in [0.2, 0.25) is 0 Å². The fraction of sp³-hybridized carbons (Fsp3) is 1.00. The Kier molecular flexibility index (Phi) is 3.92. The molecule has 1 aliphatic rings. The van der Waals surface area contributed by atoms with Gasteiger partial charge in [-0.2, -0.15) is 8.42 Å². The summed E-state index contributed by atoms with van der Waals surface area (Å²) in [6.07, 6.45) is 5.14. The van der Waals surface area contributed by atoms with E-state index in [0.717, 1.165) is 25.7 Å². The molecule has 3 nitrogen and oxygen atoms in total. The number of unbranched alkanes of at least 4 members (excludes halogenated alkanes) is 1. The van der Waals surface area contributed by atoms with Crippen molar-refractivity contribution in [2.75, 3.05) is 6.26 Å². The maximum Gasteiger partial charge on any atom is 0.264 e. The predicted octanol–water partition coefficient (Wildman–Crippen LogP) is 3.00. The van der Waals surface area contributed by atoms with E-state index < -0.39 is 18.2 Å². The van der Waals surface area contributed by atoms with Gasteiger partial charge in [-0.3, -0.25) is 4.18 Å². The fourth-order valence-electron chi connectivity index (χ4n) is 2.57. The van der Waals surface area contributed by atoms with E-state index in [1.54, 1.807) is 0 Å². The number of hydrogen-bond donors (Lipinski definition) is 0. The minimum absolute atomic E-state index is 0.339. The van der Waals surface area contributed by atoms with Crippen molar-refractivity contribution in [2.24, 2.45) is 0 Å². The monoisotopic (exact) mass is 264 g/mol. The van der Waals surface area contributed by atoms with Gasteiger partial charge >= 0.3 is 0 Å². The van der Waals surface area contributed by atoms with Crippen LogP contribution in [-0.2, 0) is 14.3 Å². The Hall–Kier alpha value is 0.127. The summed E-state index contributed by atoms with van der Waals surface area (Å²) in [4.78, 5) is 0. The van der Waals surface area contributed by atoms with E-state index in [2.05, 4.69) is 26.6 Å². The molecule has 16 heavy (non-hydrogen) atoms. The van der Waals surface area contributed by atoms with E-state index in [-0.39, 0.29) is 5.60 Å². The van der Waals surface area contributed by atoms with E-state index in [4.69, 9.17) is 4.18 Å². The van der Waals surface area contributed by atoms with Gasteiger partial charge in [-0.15, -0.1) is 0 Å². The highest BCUT2D eigenvalue weighted by molar-refractivity contribution is 7.86. The highest BCUT2D eigenvalue weighted by Gasteiger charge is 2.61. The topological polar surface area (TPSA) is 43.4 Å². The molecule has 0 aromatic rings. The van der Waals surface area contributed by atoms with E-state index in [9.17, 15) is 8.42 Å². The van der Waals surface area contributed by atoms with Gasteiger partial charge < -0.3 is 0 Å². The zero-order valence-corrected chi connectivity index (χ0v) is 12.9. The van der Waals surface area contributed by atoms with E-state index in [1.165, 1.54) is 6.26 Å². The lowest BCUT2D eigenvalue weighted by Crippen LogP contribution is -2.30. The first-order valence-electron chi connectivity index (χ1n) is 6.01. The van der Waals surface area contributed by atoms with Crippen LogP contribution in [0.25, 0.3) is 0 Å². The van der Waals surface area contributed by atoms with Gasteiger partial charge in [0.05, 0.1) is 19.9 Å². The molecule has 2 atom stereocenters. The van der Waals surface area contributed by atoms with Crippen LogP contribution >= 0.6 is 0 Å². The lowest BCUT2D eigenvalue weighted by molar-refractivity contribution is 0.174. The van der Waals surface area contributed by atoms with Crippen molar-refractivity contribution in [3.05, 3.63) is 0 Å². The van der Waals surface area contributed by atoms with Gasteiger partial charge in [0, 0.05) is 0 Å². The van der Waals surface area contributed by atoms with Gasteiger partial charge in [0.1, 0.15) is 0 Å². The van der Waals surface area contributed by atoms with Crippen LogP contribution in [-0.4, -0.2) is 28.3 Å². The van der Waals surface area contributed by atoms with Crippen molar-refractivity contribution < 1.29 is 12.6 Å². The molecule has 1 saturated carbocycles. The van der Waals surface area contributed by atoms with E-state index in [1.807, 2.05) is 0 Å². The standard InChI is InChI=1S/C11H24O3SSi/c1-6-7-8-11(14-15(2,12)13)9-10(11)16(3,4)5/h10H,6-9H2,1-5H3/t10-,11-/m1/s1. The Morgan fingerprint density at radius 2 is 1.94 bits per heavy atom. The summed E-state index contributed by atoms with van der Waals surface area (Å²) in [6.45, 7) is 8.99. The summed E-state index contributed by atoms with van der Waals surface area (Å²) in [6, 6.07) is 0. The van der Waals surface area contributed by atoms with E-state index in [0.29, 0.717) is 5.54 Å². The zero-order valence-electron chi connectivity index (χ0n) is 11.0. The smallest absolute Gasteiger partial charge is 0.264 e.